The summed E-state index contributed by atoms with van der Waals surface area (Å²) < 4.78 is 0. The molecule has 2 nitrogen and oxygen atoms in total. The number of rotatable bonds is 2. The van der Waals surface area contributed by atoms with Crippen molar-refractivity contribution in [3.63, 3.8) is 0 Å². The van der Waals surface area contributed by atoms with Crippen LogP contribution in [0.25, 0.3) is 0 Å². The van der Waals surface area contributed by atoms with Gasteiger partial charge in [-0.1, -0.05) is 13.8 Å². The summed E-state index contributed by atoms with van der Waals surface area (Å²) in [5.74, 6) is 0.982. The second-order valence-electron chi connectivity index (χ2n) is 5.49. The van der Waals surface area contributed by atoms with Gasteiger partial charge in [-0.05, 0) is 24.8 Å². The molecule has 0 aromatic heterocycles. The predicted molar refractivity (Wildman–Crippen MR) is 55.8 cm³/mol. The monoisotopic (exact) mass is 182 g/mol. The quantitative estimate of drug-likeness (QED) is 0.635. The summed E-state index contributed by atoms with van der Waals surface area (Å²) in [6, 6.07) is 0. The van der Waals surface area contributed by atoms with Gasteiger partial charge in [0.15, 0.2) is 0 Å². The zero-order chi connectivity index (χ0) is 9.47. The summed E-state index contributed by atoms with van der Waals surface area (Å²) >= 11 is 0. The van der Waals surface area contributed by atoms with Crippen LogP contribution in [0.1, 0.15) is 20.3 Å². The maximum atomic E-state index is 2.64. The van der Waals surface area contributed by atoms with Crippen molar-refractivity contribution in [2.24, 2.45) is 11.3 Å². The van der Waals surface area contributed by atoms with Crippen molar-refractivity contribution in [2.75, 3.05) is 39.8 Å². The van der Waals surface area contributed by atoms with Gasteiger partial charge in [-0.25, -0.2) is 0 Å². The first-order valence-corrected chi connectivity index (χ1v) is 5.49. The van der Waals surface area contributed by atoms with Crippen LogP contribution in [0.5, 0.6) is 0 Å². The van der Waals surface area contributed by atoms with E-state index in [1.165, 1.54) is 39.1 Å². The molecule has 1 saturated carbocycles. The van der Waals surface area contributed by atoms with Crippen LogP contribution in [0.15, 0.2) is 0 Å². The topological polar surface area (TPSA) is 6.48 Å². The number of piperazine rings is 1. The standard InChI is InChI=1S/C11H22N2/c1-11(2)8-10(11)9-13-6-4-12(3)5-7-13/h10H,4-9H2,1-3H3/t10-/m0/s1. The van der Waals surface area contributed by atoms with E-state index in [0.717, 1.165) is 5.92 Å². The average molecular weight is 182 g/mol. The van der Waals surface area contributed by atoms with Gasteiger partial charge in [0.2, 0.25) is 0 Å². The lowest BCUT2D eigenvalue weighted by atomic mass is 10.1. The molecule has 0 aromatic rings. The number of likely N-dealkylation sites (N-methyl/N-ethyl adjacent to an activating group) is 1. The summed E-state index contributed by atoms with van der Waals surface area (Å²) in [4.78, 5) is 5.06. The Hall–Kier alpha value is -0.0800. The molecule has 2 heteroatoms. The van der Waals surface area contributed by atoms with E-state index in [0.29, 0.717) is 5.41 Å². The Bertz CT molecular complexity index is 181. The van der Waals surface area contributed by atoms with Crippen molar-refractivity contribution in [2.45, 2.75) is 20.3 Å². The fraction of sp³-hybridized carbons (Fsp3) is 1.00. The van der Waals surface area contributed by atoms with Gasteiger partial charge in [-0.15, -0.1) is 0 Å². The lowest BCUT2D eigenvalue weighted by Crippen LogP contribution is -2.45. The van der Waals surface area contributed by atoms with Crippen molar-refractivity contribution >= 4 is 0 Å². The molecular formula is C11H22N2. The van der Waals surface area contributed by atoms with Crippen LogP contribution >= 0.6 is 0 Å². The molecule has 2 rings (SSSR count). The molecule has 1 saturated heterocycles. The van der Waals surface area contributed by atoms with Crippen molar-refractivity contribution < 1.29 is 0 Å². The van der Waals surface area contributed by atoms with Crippen LogP contribution in [0.4, 0.5) is 0 Å². The average Bonchev–Trinajstić information content (AvgIpc) is 2.64. The highest BCUT2D eigenvalue weighted by molar-refractivity contribution is 4.96. The second kappa shape index (κ2) is 3.25. The van der Waals surface area contributed by atoms with E-state index < -0.39 is 0 Å². The molecule has 0 spiro atoms. The van der Waals surface area contributed by atoms with Crippen LogP contribution in [0.3, 0.4) is 0 Å². The first kappa shape index (κ1) is 9.47. The fourth-order valence-electron chi connectivity index (χ4n) is 2.23. The minimum Gasteiger partial charge on any atom is -0.304 e. The van der Waals surface area contributed by atoms with Crippen molar-refractivity contribution in [1.82, 2.24) is 9.80 Å². The summed E-state index contributed by atoms with van der Waals surface area (Å²) in [5.41, 5.74) is 0.656. The molecule has 0 amide bonds. The highest BCUT2D eigenvalue weighted by Gasteiger charge is 2.45. The van der Waals surface area contributed by atoms with Crippen LogP contribution in [-0.2, 0) is 0 Å². The van der Waals surface area contributed by atoms with E-state index in [9.17, 15) is 0 Å². The molecule has 0 aromatic carbocycles. The molecule has 2 fully saturated rings. The Kier molecular flexibility index (Phi) is 2.37. The summed E-state index contributed by atoms with van der Waals surface area (Å²) in [6.45, 7) is 11.2. The molecule has 0 unspecified atom stereocenters. The van der Waals surface area contributed by atoms with E-state index in [1.54, 1.807) is 0 Å². The van der Waals surface area contributed by atoms with Gasteiger partial charge in [-0.3, -0.25) is 0 Å². The van der Waals surface area contributed by atoms with Crippen LogP contribution in [-0.4, -0.2) is 49.6 Å². The first-order chi connectivity index (χ1) is 6.08. The minimum atomic E-state index is 0.656. The van der Waals surface area contributed by atoms with E-state index in [2.05, 4.69) is 30.7 Å². The lowest BCUT2D eigenvalue weighted by molar-refractivity contribution is 0.145. The maximum Gasteiger partial charge on any atom is 0.0110 e. The second-order valence-corrected chi connectivity index (χ2v) is 5.49. The Morgan fingerprint density at radius 1 is 1.15 bits per heavy atom. The molecule has 0 radical (unpaired) electrons. The van der Waals surface area contributed by atoms with E-state index in [-0.39, 0.29) is 0 Å². The number of hydrogen-bond acceptors (Lipinski definition) is 2. The van der Waals surface area contributed by atoms with Gasteiger partial charge in [0, 0.05) is 32.7 Å². The summed E-state index contributed by atoms with van der Waals surface area (Å²) in [6.07, 6.45) is 1.44. The van der Waals surface area contributed by atoms with Gasteiger partial charge >= 0.3 is 0 Å². The molecule has 1 heterocycles. The Balaban J connectivity index is 1.72. The third kappa shape index (κ3) is 2.23. The molecule has 1 atom stereocenters. The smallest absolute Gasteiger partial charge is 0.0110 e. The van der Waals surface area contributed by atoms with Gasteiger partial charge in [0.1, 0.15) is 0 Å². The minimum absolute atomic E-state index is 0.656. The van der Waals surface area contributed by atoms with Crippen molar-refractivity contribution in [3.05, 3.63) is 0 Å². The third-order valence-electron chi connectivity index (χ3n) is 3.79. The SMILES string of the molecule is CN1CCN(C[C@@H]2CC2(C)C)CC1. The number of nitrogens with zero attached hydrogens (tertiary/aromatic N) is 2. The van der Waals surface area contributed by atoms with E-state index in [4.69, 9.17) is 0 Å². The highest BCUT2D eigenvalue weighted by atomic mass is 15.2. The molecule has 1 aliphatic carbocycles. The largest absolute Gasteiger partial charge is 0.304 e. The van der Waals surface area contributed by atoms with Crippen molar-refractivity contribution in [3.8, 4) is 0 Å². The van der Waals surface area contributed by atoms with Gasteiger partial charge in [-0.2, -0.15) is 0 Å². The predicted octanol–water partition coefficient (Wildman–Crippen LogP) is 1.28. The molecule has 0 N–H and O–H groups in total. The Morgan fingerprint density at radius 3 is 2.15 bits per heavy atom. The molecular weight excluding hydrogens is 160 g/mol. The third-order valence-corrected chi connectivity index (χ3v) is 3.79. The molecule has 1 aliphatic heterocycles. The van der Waals surface area contributed by atoms with E-state index >= 15 is 0 Å². The molecule has 13 heavy (non-hydrogen) atoms. The summed E-state index contributed by atoms with van der Waals surface area (Å²) in [5, 5.41) is 0. The number of hydrogen-bond donors (Lipinski definition) is 0. The van der Waals surface area contributed by atoms with Gasteiger partial charge in [0.05, 0.1) is 0 Å². The first-order valence-electron chi connectivity index (χ1n) is 5.49. The zero-order valence-corrected chi connectivity index (χ0v) is 9.21. The normalized spacial score (nSPS) is 34.8. The molecule has 0 bridgehead atoms. The summed E-state index contributed by atoms with van der Waals surface area (Å²) in [7, 11) is 2.22. The molecule has 76 valence electrons. The van der Waals surface area contributed by atoms with Crippen LogP contribution < -0.4 is 0 Å². The van der Waals surface area contributed by atoms with Crippen LogP contribution in [0.2, 0.25) is 0 Å². The lowest BCUT2D eigenvalue weighted by Gasteiger charge is -2.32. The maximum absolute atomic E-state index is 2.64. The Morgan fingerprint density at radius 2 is 1.69 bits per heavy atom. The fourth-order valence-corrected chi connectivity index (χ4v) is 2.23. The Labute approximate surface area is 81.9 Å². The van der Waals surface area contributed by atoms with Gasteiger partial charge in [0.25, 0.3) is 0 Å². The zero-order valence-electron chi connectivity index (χ0n) is 9.21. The van der Waals surface area contributed by atoms with Gasteiger partial charge < -0.3 is 9.80 Å². The van der Waals surface area contributed by atoms with Crippen molar-refractivity contribution in [1.29, 1.82) is 0 Å². The highest BCUT2D eigenvalue weighted by Crippen LogP contribution is 2.51. The molecule has 2 aliphatic rings. The van der Waals surface area contributed by atoms with E-state index in [1.807, 2.05) is 0 Å². The van der Waals surface area contributed by atoms with Crippen LogP contribution in [0, 0.1) is 11.3 Å².